The number of hydrogen-bond acceptors (Lipinski definition) is 4. The number of benzene rings is 1. The van der Waals surface area contributed by atoms with E-state index in [1.807, 2.05) is 24.3 Å². The topological polar surface area (TPSA) is 55.1 Å². The summed E-state index contributed by atoms with van der Waals surface area (Å²) in [5.74, 6) is 0.899. The summed E-state index contributed by atoms with van der Waals surface area (Å²) in [6.45, 7) is 1.35. The van der Waals surface area contributed by atoms with E-state index in [-0.39, 0.29) is 5.91 Å². The van der Waals surface area contributed by atoms with E-state index in [0.29, 0.717) is 13.1 Å². The minimum absolute atomic E-state index is 0.00120. The largest absolute Gasteiger partial charge is 0.352 e. The molecule has 0 saturated heterocycles. The fourth-order valence-corrected chi connectivity index (χ4v) is 3.71. The zero-order valence-corrected chi connectivity index (χ0v) is 13.5. The zero-order valence-electron chi connectivity index (χ0n) is 11.9. The number of nitrogens with two attached hydrogens (primary N) is 1. The standard InChI is InChI=1S/C16H20N2OS2/c17-9-3-4-10-18-16(19)14-7-1-2-8-15(14)21-12-13-6-5-11-20-13/h1-2,5-8,11H,3-4,9-10,12,17H2,(H,18,19). The maximum atomic E-state index is 12.2. The lowest BCUT2D eigenvalue weighted by molar-refractivity contribution is 0.0950. The maximum absolute atomic E-state index is 12.2. The van der Waals surface area contributed by atoms with Gasteiger partial charge in [0, 0.05) is 22.1 Å². The van der Waals surface area contributed by atoms with Gasteiger partial charge in [-0.25, -0.2) is 0 Å². The van der Waals surface area contributed by atoms with Crippen molar-refractivity contribution in [2.24, 2.45) is 5.73 Å². The molecule has 0 aliphatic heterocycles. The van der Waals surface area contributed by atoms with Crippen LogP contribution >= 0.6 is 23.1 Å². The van der Waals surface area contributed by atoms with Crippen molar-refractivity contribution in [1.29, 1.82) is 0 Å². The second-order valence-electron chi connectivity index (χ2n) is 4.62. The van der Waals surface area contributed by atoms with Gasteiger partial charge >= 0.3 is 0 Å². The molecular weight excluding hydrogens is 300 g/mol. The van der Waals surface area contributed by atoms with Crippen molar-refractivity contribution in [3.8, 4) is 0 Å². The molecule has 0 bridgehead atoms. The lowest BCUT2D eigenvalue weighted by atomic mass is 10.2. The first-order valence-corrected chi connectivity index (χ1v) is 8.90. The van der Waals surface area contributed by atoms with E-state index in [1.54, 1.807) is 23.1 Å². The van der Waals surface area contributed by atoms with E-state index in [9.17, 15) is 4.79 Å². The molecule has 112 valence electrons. The van der Waals surface area contributed by atoms with Crippen LogP contribution in [0, 0.1) is 0 Å². The highest BCUT2D eigenvalue weighted by Crippen LogP contribution is 2.27. The summed E-state index contributed by atoms with van der Waals surface area (Å²) in [4.78, 5) is 14.6. The normalized spacial score (nSPS) is 10.5. The summed E-state index contributed by atoms with van der Waals surface area (Å²) in [5.41, 5.74) is 6.21. The van der Waals surface area contributed by atoms with Gasteiger partial charge < -0.3 is 11.1 Å². The van der Waals surface area contributed by atoms with Crippen LogP contribution in [0.5, 0.6) is 0 Å². The van der Waals surface area contributed by atoms with Crippen LogP contribution in [0.1, 0.15) is 28.1 Å². The molecule has 3 nitrogen and oxygen atoms in total. The average molecular weight is 320 g/mol. The third-order valence-electron chi connectivity index (χ3n) is 3.00. The van der Waals surface area contributed by atoms with Crippen molar-refractivity contribution in [2.75, 3.05) is 13.1 Å². The quantitative estimate of drug-likeness (QED) is 0.578. The summed E-state index contributed by atoms with van der Waals surface area (Å²) < 4.78 is 0. The van der Waals surface area contributed by atoms with Gasteiger partial charge in [-0.1, -0.05) is 18.2 Å². The van der Waals surface area contributed by atoms with Crippen LogP contribution in [0.25, 0.3) is 0 Å². The predicted octanol–water partition coefficient (Wildman–Crippen LogP) is 3.51. The molecule has 0 aliphatic carbocycles. The van der Waals surface area contributed by atoms with E-state index < -0.39 is 0 Å². The van der Waals surface area contributed by atoms with Crippen molar-refractivity contribution in [2.45, 2.75) is 23.5 Å². The number of rotatable bonds is 8. The van der Waals surface area contributed by atoms with Crippen LogP contribution in [0.15, 0.2) is 46.7 Å². The molecular formula is C16H20N2OS2. The van der Waals surface area contributed by atoms with E-state index in [2.05, 4.69) is 22.8 Å². The molecule has 1 aromatic heterocycles. The molecule has 1 aromatic carbocycles. The Morgan fingerprint density at radius 3 is 2.81 bits per heavy atom. The van der Waals surface area contributed by atoms with Crippen LogP contribution in [-0.2, 0) is 5.75 Å². The Labute approximate surface area is 133 Å². The number of carbonyl (C=O) groups excluding carboxylic acids is 1. The summed E-state index contributed by atoms with van der Waals surface area (Å²) in [7, 11) is 0. The summed E-state index contributed by atoms with van der Waals surface area (Å²) in [6, 6.07) is 11.9. The summed E-state index contributed by atoms with van der Waals surface area (Å²) >= 11 is 3.45. The number of carbonyl (C=O) groups is 1. The monoisotopic (exact) mass is 320 g/mol. The van der Waals surface area contributed by atoms with Crippen molar-refractivity contribution in [1.82, 2.24) is 5.32 Å². The SMILES string of the molecule is NCCCCNC(=O)c1ccccc1SCc1cccs1. The second kappa shape index (κ2) is 8.87. The fourth-order valence-electron chi connectivity index (χ4n) is 1.89. The maximum Gasteiger partial charge on any atom is 0.252 e. The first-order valence-electron chi connectivity index (χ1n) is 7.03. The molecule has 0 atom stereocenters. The highest BCUT2D eigenvalue weighted by molar-refractivity contribution is 7.98. The minimum Gasteiger partial charge on any atom is -0.352 e. The molecule has 21 heavy (non-hydrogen) atoms. The highest BCUT2D eigenvalue weighted by Gasteiger charge is 2.10. The van der Waals surface area contributed by atoms with E-state index in [1.165, 1.54) is 4.88 Å². The van der Waals surface area contributed by atoms with E-state index in [0.717, 1.165) is 29.1 Å². The van der Waals surface area contributed by atoms with Crippen LogP contribution < -0.4 is 11.1 Å². The third-order valence-corrected chi connectivity index (χ3v) is 5.18. The summed E-state index contributed by atoms with van der Waals surface area (Å²) in [6.07, 6.45) is 1.86. The van der Waals surface area contributed by atoms with Gasteiger partial charge in [0.2, 0.25) is 0 Å². The number of hydrogen-bond donors (Lipinski definition) is 2. The van der Waals surface area contributed by atoms with Gasteiger partial charge in [-0.3, -0.25) is 4.79 Å². The van der Waals surface area contributed by atoms with E-state index in [4.69, 9.17) is 5.73 Å². The molecule has 1 heterocycles. The summed E-state index contributed by atoms with van der Waals surface area (Å²) in [5, 5.41) is 5.04. The van der Waals surface area contributed by atoms with Crippen LogP contribution in [-0.4, -0.2) is 19.0 Å². The van der Waals surface area contributed by atoms with Crippen LogP contribution in [0.2, 0.25) is 0 Å². The number of thiophene rings is 1. The van der Waals surface area contributed by atoms with Gasteiger partial charge in [0.05, 0.1) is 5.56 Å². The Bertz CT molecular complexity index is 555. The number of unbranched alkanes of at least 4 members (excludes halogenated alkanes) is 1. The van der Waals surface area contributed by atoms with Crippen LogP contribution in [0.3, 0.4) is 0 Å². The fraction of sp³-hybridized carbons (Fsp3) is 0.312. The Morgan fingerprint density at radius 2 is 2.05 bits per heavy atom. The molecule has 0 aliphatic rings. The van der Waals surface area contributed by atoms with Gasteiger partial charge in [0.25, 0.3) is 5.91 Å². The lowest BCUT2D eigenvalue weighted by Crippen LogP contribution is -2.25. The Kier molecular flexibility index (Phi) is 6.79. The molecule has 1 amide bonds. The first kappa shape index (κ1) is 16.1. The van der Waals surface area contributed by atoms with Gasteiger partial charge in [-0.05, 0) is 43.0 Å². The third kappa shape index (κ3) is 5.19. The Balaban J connectivity index is 1.94. The van der Waals surface area contributed by atoms with Crippen molar-refractivity contribution in [3.05, 3.63) is 52.2 Å². The number of nitrogens with one attached hydrogen (secondary N) is 1. The molecule has 5 heteroatoms. The Hall–Kier alpha value is -1.30. The van der Waals surface area contributed by atoms with Crippen LogP contribution in [0.4, 0.5) is 0 Å². The Morgan fingerprint density at radius 1 is 1.19 bits per heavy atom. The smallest absolute Gasteiger partial charge is 0.252 e. The van der Waals surface area contributed by atoms with Gasteiger partial charge in [0.15, 0.2) is 0 Å². The molecule has 3 N–H and O–H groups in total. The molecule has 0 unspecified atom stereocenters. The van der Waals surface area contributed by atoms with Gasteiger partial charge in [-0.2, -0.15) is 0 Å². The average Bonchev–Trinajstić information content (AvgIpc) is 3.03. The van der Waals surface area contributed by atoms with Gasteiger partial charge in [-0.15, -0.1) is 23.1 Å². The molecule has 0 radical (unpaired) electrons. The zero-order chi connectivity index (χ0) is 14.9. The highest BCUT2D eigenvalue weighted by atomic mass is 32.2. The van der Waals surface area contributed by atoms with E-state index >= 15 is 0 Å². The molecule has 2 aromatic rings. The van der Waals surface area contributed by atoms with Gasteiger partial charge in [0.1, 0.15) is 0 Å². The molecule has 0 fully saturated rings. The number of thioether (sulfide) groups is 1. The second-order valence-corrected chi connectivity index (χ2v) is 6.67. The van der Waals surface area contributed by atoms with Crippen molar-refractivity contribution < 1.29 is 4.79 Å². The molecule has 0 spiro atoms. The molecule has 0 saturated carbocycles. The lowest BCUT2D eigenvalue weighted by Gasteiger charge is -2.09. The van der Waals surface area contributed by atoms with Crippen molar-refractivity contribution >= 4 is 29.0 Å². The molecule has 2 rings (SSSR count). The predicted molar refractivity (Wildman–Crippen MR) is 90.9 cm³/mol. The minimum atomic E-state index is 0.00120. The first-order chi connectivity index (χ1) is 10.3. The number of amides is 1. The van der Waals surface area contributed by atoms with Crippen molar-refractivity contribution in [3.63, 3.8) is 0 Å².